The number of benzene rings is 2. The van der Waals surface area contributed by atoms with Crippen molar-refractivity contribution < 1.29 is 19.4 Å². The van der Waals surface area contributed by atoms with Crippen molar-refractivity contribution in [3.05, 3.63) is 57.1 Å². The Labute approximate surface area is 144 Å². The predicted molar refractivity (Wildman–Crippen MR) is 92.7 cm³/mol. The lowest BCUT2D eigenvalue weighted by Gasteiger charge is -2.15. The van der Waals surface area contributed by atoms with Gasteiger partial charge in [0.05, 0.1) is 5.56 Å². The zero-order valence-corrected chi connectivity index (χ0v) is 14.9. The highest BCUT2D eigenvalue weighted by Crippen LogP contribution is 2.31. The van der Waals surface area contributed by atoms with Gasteiger partial charge in [-0.2, -0.15) is 0 Å². The average Bonchev–Trinajstić information content (AvgIpc) is 2.54. The highest BCUT2D eigenvalue weighted by atomic mass is 79.9. The van der Waals surface area contributed by atoms with E-state index in [9.17, 15) is 4.79 Å². The van der Waals surface area contributed by atoms with Crippen LogP contribution in [0.4, 0.5) is 0 Å². The van der Waals surface area contributed by atoms with E-state index in [1.807, 2.05) is 26.8 Å². The molecule has 0 aliphatic rings. The summed E-state index contributed by atoms with van der Waals surface area (Å²) in [5.41, 5.74) is 3.59. The van der Waals surface area contributed by atoms with Crippen LogP contribution in [0.1, 0.15) is 27.0 Å². The first kappa shape index (κ1) is 17.3. The molecule has 0 saturated heterocycles. The van der Waals surface area contributed by atoms with Gasteiger partial charge in [0.1, 0.15) is 24.7 Å². The molecule has 4 nitrogen and oxygen atoms in total. The summed E-state index contributed by atoms with van der Waals surface area (Å²) in [4.78, 5) is 10.9. The first-order chi connectivity index (χ1) is 10.9. The molecule has 0 amide bonds. The minimum atomic E-state index is -0.969. The van der Waals surface area contributed by atoms with Gasteiger partial charge < -0.3 is 14.6 Å². The molecule has 0 spiro atoms. The van der Waals surface area contributed by atoms with Crippen LogP contribution in [0.2, 0.25) is 0 Å². The largest absolute Gasteiger partial charge is 0.490 e. The van der Waals surface area contributed by atoms with Gasteiger partial charge in [0, 0.05) is 4.47 Å². The lowest BCUT2D eigenvalue weighted by atomic mass is 10.1. The third-order valence-corrected chi connectivity index (χ3v) is 4.87. The minimum Gasteiger partial charge on any atom is -0.490 e. The lowest BCUT2D eigenvalue weighted by molar-refractivity contribution is 0.0696. The maximum Gasteiger partial charge on any atom is 0.335 e. The Bertz CT molecular complexity index is 725. The molecule has 0 aliphatic heterocycles. The van der Waals surface area contributed by atoms with E-state index in [2.05, 4.69) is 15.9 Å². The number of aryl methyl sites for hydroxylation is 1. The number of carbonyl (C=O) groups is 1. The van der Waals surface area contributed by atoms with Crippen LogP contribution in [-0.4, -0.2) is 24.3 Å². The third kappa shape index (κ3) is 4.26. The van der Waals surface area contributed by atoms with Crippen molar-refractivity contribution in [3.63, 3.8) is 0 Å². The van der Waals surface area contributed by atoms with Gasteiger partial charge in [-0.1, -0.05) is 22.0 Å². The summed E-state index contributed by atoms with van der Waals surface area (Å²) in [7, 11) is 0. The Balaban J connectivity index is 1.94. The molecule has 2 aromatic rings. The molecule has 0 fully saturated rings. The van der Waals surface area contributed by atoms with Crippen LogP contribution in [0.5, 0.6) is 11.5 Å². The first-order valence-electron chi connectivity index (χ1n) is 7.25. The Morgan fingerprint density at radius 2 is 1.78 bits per heavy atom. The molecule has 1 N–H and O–H groups in total. The van der Waals surface area contributed by atoms with E-state index in [-0.39, 0.29) is 5.56 Å². The molecule has 0 saturated carbocycles. The van der Waals surface area contributed by atoms with Crippen molar-refractivity contribution in [3.8, 4) is 11.5 Å². The topological polar surface area (TPSA) is 55.8 Å². The van der Waals surface area contributed by atoms with Crippen LogP contribution in [0.25, 0.3) is 0 Å². The number of aromatic carboxylic acids is 1. The van der Waals surface area contributed by atoms with Crippen LogP contribution < -0.4 is 9.47 Å². The average molecular weight is 379 g/mol. The summed E-state index contributed by atoms with van der Waals surface area (Å²) in [6, 6.07) is 8.41. The van der Waals surface area contributed by atoms with Crippen LogP contribution >= 0.6 is 15.9 Å². The van der Waals surface area contributed by atoms with Gasteiger partial charge in [-0.05, 0) is 61.7 Å². The SMILES string of the molecule is Cc1cc(OCCOc2cccc(C(=O)O)c2)c(C)c(C)c1Br. The second kappa shape index (κ2) is 7.51. The molecule has 0 radical (unpaired) electrons. The van der Waals surface area contributed by atoms with Crippen LogP contribution in [0.3, 0.4) is 0 Å². The first-order valence-corrected chi connectivity index (χ1v) is 8.04. The molecule has 5 heteroatoms. The van der Waals surface area contributed by atoms with Crippen molar-refractivity contribution in [2.45, 2.75) is 20.8 Å². The van der Waals surface area contributed by atoms with E-state index >= 15 is 0 Å². The third-order valence-electron chi connectivity index (χ3n) is 3.65. The molecule has 0 unspecified atom stereocenters. The van der Waals surface area contributed by atoms with Crippen molar-refractivity contribution in [1.29, 1.82) is 0 Å². The minimum absolute atomic E-state index is 0.207. The fraction of sp³-hybridized carbons (Fsp3) is 0.278. The van der Waals surface area contributed by atoms with E-state index in [1.54, 1.807) is 12.1 Å². The van der Waals surface area contributed by atoms with Gasteiger partial charge in [-0.15, -0.1) is 0 Å². The van der Waals surface area contributed by atoms with Gasteiger partial charge in [0.2, 0.25) is 0 Å². The van der Waals surface area contributed by atoms with Crippen LogP contribution in [-0.2, 0) is 0 Å². The summed E-state index contributed by atoms with van der Waals surface area (Å²) < 4.78 is 12.4. The smallest absolute Gasteiger partial charge is 0.335 e. The van der Waals surface area contributed by atoms with Crippen LogP contribution in [0, 0.1) is 20.8 Å². The second-order valence-electron chi connectivity index (χ2n) is 5.29. The van der Waals surface area contributed by atoms with E-state index in [4.69, 9.17) is 14.6 Å². The van der Waals surface area contributed by atoms with Gasteiger partial charge in [0.15, 0.2) is 0 Å². The Kier molecular flexibility index (Phi) is 5.66. The molecule has 0 aromatic heterocycles. The van der Waals surface area contributed by atoms with E-state index < -0.39 is 5.97 Å². The van der Waals surface area contributed by atoms with Gasteiger partial charge in [0.25, 0.3) is 0 Å². The Hall–Kier alpha value is -2.01. The maximum absolute atomic E-state index is 10.9. The molecule has 0 heterocycles. The summed E-state index contributed by atoms with van der Waals surface area (Å²) >= 11 is 3.57. The number of halogens is 1. The number of ether oxygens (including phenoxy) is 2. The van der Waals surface area contributed by atoms with Gasteiger partial charge >= 0.3 is 5.97 Å². The lowest BCUT2D eigenvalue weighted by Crippen LogP contribution is -2.10. The summed E-state index contributed by atoms with van der Waals surface area (Å²) in [5, 5.41) is 8.95. The Morgan fingerprint density at radius 1 is 1.09 bits per heavy atom. The second-order valence-corrected chi connectivity index (χ2v) is 6.08. The molecule has 0 aliphatic carbocycles. The molecular formula is C18H19BrO4. The number of hydrogen-bond acceptors (Lipinski definition) is 3. The number of carboxylic acid groups (broad SMARTS) is 1. The Morgan fingerprint density at radius 3 is 2.48 bits per heavy atom. The highest BCUT2D eigenvalue weighted by molar-refractivity contribution is 9.10. The fourth-order valence-electron chi connectivity index (χ4n) is 2.19. The van der Waals surface area contributed by atoms with Crippen molar-refractivity contribution in [1.82, 2.24) is 0 Å². The quantitative estimate of drug-likeness (QED) is 0.750. The highest BCUT2D eigenvalue weighted by Gasteiger charge is 2.09. The molecule has 2 aromatic carbocycles. The molecular weight excluding hydrogens is 360 g/mol. The number of hydrogen-bond donors (Lipinski definition) is 1. The summed E-state index contributed by atoms with van der Waals surface area (Å²) in [6.07, 6.45) is 0. The van der Waals surface area contributed by atoms with Gasteiger partial charge in [-0.3, -0.25) is 0 Å². The summed E-state index contributed by atoms with van der Waals surface area (Å²) in [6.45, 7) is 6.83. The zero-order valence-electron chi connectivity index (χ0n) is 13.4. The number of carboxylic acids is 1. The molecule has 122 valence electrons. The fourth-order valence-corrected chi connectivity index (χ4v) is 2.61. The van der Waals surface area contributed by atoms with Gasteiger partial charge in [-0.25, -0.2) is 4.79 Å². The zero-order chi connectivity index (χ0) is 17.0. The van der Waals surface area contributed by atoms with E-state index in [0.717, 1.165) is 26.9 Å². The van der Waals surface area contributed by atoms with E-state index in [1.165, 1.54) is 12.1 Å². The monoisotopic (exact) mass is 378 g/mol. The maximum atomic E-state index is 10.9. The standard InChI is InChI=1S/C18H19BrO4/c1-11-9-16(12(2)13(3)17(11)19)23-8-7-22-15-6-4-5-14(10-15)18(20)21/h4-6,9-10H,7-8H2,1-3H3,(H,20,21). The van der Waals surface area contributed by atoms with Crippen molar-refractivity contribution >= 4 is 21.9 Å². The summed E-state index contributed by atoms with van der Waals surface area (Å²) in [5.74, 6) is 0.391. The predicted octanol–water partition coefficient (Wildman–Crippen LogP) is 4.53. The molecule has 0 atom stereocenters. The number of rotatable bonds is 6. The molecule has 23 heavy (non-hydrogen) atoms. The van der Waals surface area contributed by atoms with E-state index in [0.29, 0.717) is 19.0 Å². The molecule has 0 bridgehead atoms. The molecule has 2 rings (SSSR count). The van der Waals surface area contributed by atoms with Crippen molar-refractivity contribution in [2.24, 2.45) is 0 Å². The van der Waals surface area contributed by atoms with Crippen molar-refractivity contribution in [2.75, 3.05) is 13.2 Å². The van der Waals surface area contributed by atoms with Crippen LogP contribution in [0.15, 0.2) is 34.8 Å². The normalized spacial score (nSPS) is 10.4.